The number of anilines is 2. The van der Waals surface area contributed by atoms with Gasteiger partial charge in [0.05, 0.1) is 0 Å². The van der Waals surface area contributed by atoms with E-state index in [-0.39, 0.29) is 18.4 Å². The highest BCUT2D eigenvalue weighted by Gasteiger charge is 2.18. The smallest absolute Gasteiger partial charge is 0.244 e. The number of hydrogen-bond donors (Lipinski definition) is 1. The lowest BCUT2D eigenvalue weighted by atomic mass is 10.0. The maximum absolute atomic E-state index is 12.4. The molecule has 0 bridgehead atoms. The molecule has 132 valence electrons. The molecule has 0 spiro atoms. The highest BCUT2D eigenvalue weighted by atomic mass is 16.2. The van der Waals surface area contributed by atoms with Gasteiger partial charge in [0, 0.05) is 18.3 Å². The minimum atomic E-state index is -0.214. The monoisotopic (exact) mass is 338 g/mol. The first kappa shape index (κ1) is 18.7. The average Bonchev–Trinajstić information content (AvgIpc) is 2.56. The molecule has 0 aromatic heterocycles. The van der Waals surface area contributed by atoms with Gasteiger partial charge in [-0.2, -0.15) is 0 Å². The van der Waals surface area contributed by atoms with Crippen molar-refractivity contribution in [2.24, 2.45) is 0 Å². The molecule has 2 aromatic carbocycles. The van der Waals surface area contributed by atoms with Crippen molar-refractivity contribution >= 4 is 23.2 Å². The van der Waals surface area contributed by atoms with E-state index in [0.717, 1.165) is 22.5 Å². The van der Waals surface area contributed by atoms with Gasteiger partial charge >= 0.3 is 0 Å². The van der Waals surface area contributed by atoms with Crippen molar-refractivity contribution in [1.82, 2.24) is 0 Å². The van der Waals surface area contributed by atoms with Gasteiger partial charge in [0.1, 0.15) is 6.54 Å². The number of nitrogens with one attached hydrogen (secondary N) is 1. The Hall–Kier alpha value is -2.62. The minimum Gasteiger partial charge on any atom is -0.325 e. The zero-order chi connectivity index (χ0) is 18.6. The summed E-state index contributed by atoms with van der Waals surface area (Å²) in [5.41, 5.74) is 4.83. The van der Waals surface area contributed by atoms with Crippen LogP contribution in [-0.2, 0) is 9.59 Å². The lowest BCUT2D eigenvalue weighted by Crippen LogP contribution is -2.37. The van der Waals surface area contributed by atoms with Gasteiger partial charge in [-0.15, -0.1) is 0 Å². The van der Waals surface area contributed by atoms with Crippen molar-refractivity contribution in [3.05, 3.63) is 59.2 Å². The molecule has 0 fully saturated rings. The molecular formula is C21H26N2O2. The summed E-state index contributed by atoms with van der Waals surface area (Å²) in [5.74, 6) is 0.0784. The summed E-state index contributed by atoms with van der Waals surface area (Å²) in [6.07, 6.45) is 0. The summed E-state index contributed by atoms with van der Waals surface area (Å²) >= 11 is 0. The van der Waals surface area contributed by atoms with E-state index < -0.39 is 0 Å². The zero-order valence-corrected chi connectivity index (χ0v) is 15.6. The molecule has 2 rings (SSSR count). The van der Waals surface area contributed by atoms with E-state index in [1.54, 1.807) is 0 Å². The average molecular weight is 338 g/mol. The third-order valence-electron chi connectivity index (χ3n) is 4.41. The number of benzene rings is 2. The maximum atomic E-state index is 12.4. The normalized spacial score (nSPS) is 10.6. The van der Waals surface area contributed by atoms with Crippen LogP contribution in [0.1, 0.15) is 43.4 Å². The van der Waals surface area contributed by atoms with E-state index in [1.807, 2.05) is 56.3 Å². The third kappa shape index (κ3) is 4.69. The number of carbonyl (C=O) groups excluding carboxylic acids is 2. The van der Waals surface area contributed by atoms with E-state index in [9.17, 15) is 9.59 Å². The molecule has 0 aliphatic carbocycles. The van der Waals surface area contributed by atoms with E-state index in [2.05, 4.69) is 19.2 Å². The second-order valence-electron chi connectivity index (χ2n) is 6.65. The molecule has 0 aliphatic rings. The first-order valence-electron chi connectivity index (χ1n) is 8.53. The Kier molecular flexibility index (Phi) is 5.97. The predicted octanol–water partition coefficient (Wildman–Crippen LogP) is 4.42. The van der Waals surface area contributed by atoms with Crippen LogP contribution in [0.2, 0.25) is 0 Å². The SMILES string of the molecule is CC(=O)N(CC(=O)Nc1ccc(C(C)C)cc1)c1cccc(C)c1C. The second-order valence-corrected chi connectivity index (χ2v) is 6.65. The Morgan fingerprint density at radius 1 is 1.04 bits per heavy atom. The molecule has 0 unspecified atom stereocenters. The molecule has 0 radical (unpaired) electrons. The molecular weight excluding hydrogens is 312 g/mol. The van der Waals surface area contributed by atoms with Gasteiger partial charge in [-0.3, -0.25) is 9.59 Å². The van der Waals surface area contributed by atoms with Crippen molar-refractivity contribution in [2.75, 3.05) is 16.8 Å². The summed E-state index contributed by atoms with van der Waals surface area (Å²) in [7, 11) is 0. The molecule has 0 aliphatic heterocycles. The molecule has 0 saturated heterocycles. The number of nitrogens with zero attached hydrogens (tertiary/aromatic N) is 1. The van der Waals surface area contributed by atoms with Crippen LogP contribution in [0.15, 0.2) is 42.5 Å². The van der Waals surface area contributed by atoms with Crippen LogP contribution in [0, 0.1) is 13.8 Å². The lowest BCUT2D eigenvalue weighted by molar-refractivity contribution is -0.120. The number of amides is 2. The predicted molar refractivity (Wildman–Crippen MR) is 103 cm³/mol. The Morgan fingerprint density at radius 2 is 1.68 bits per heavy atom. The molecule has 0 saturated carbocycles. The third-order valence-corrected chi connectivity index (χ3v) is 4.41. The van der Waals surface area contributed by atoms with Gasteiger partial charge in [0.25, 0.3) is 0 Å². The first-order chi connectivity index (χ1) is 11.8. The molecule has 4 heteroatoms. The first-order valence-corrected chi connectivity index (χ1v) is 8.53. The van der Waals surface area contributed by atoms with E-state index >= 15 is 0 Å². The number of hydrogen-bond acceptors (Lipinski definition) is 2. The molecule has 25 heavy (non-hydrogen) atoms. The van der Waals surface area contributed by atoms with Gasteiger partial charge in [0.15, 0.2) is 0 Å². The molecule has 0 heterocycles. The fourth-order valence-corrected chi connectivity index (χ4v) is 2.69. The molecule has 2 amide bonds. The van der Waals surface area contributed by atoms with Crippen LogP contribution >= 0.6 is 0 Å². The summed E-state index contributed by atoms with van der Waals surface area (Å²) in [6.45, 7) is 9.68. The summed E-state index contributed by atoms with van der Waals surface area (Å²) in [5, 5.41) is 2.86. The second kappa shape index (κ2) is 7.97. The Bertz CT molecular complexity index is 764. The summed E-state index contributed by atoms with van der Waals surface area (Å²) in [6, 6.07) is 13.6. The van der Waals surface area contributed by atoms with Crippen LogP contribution in [0.4, 0.5) is 11.4 Å². The fraction of sp³-hybridized carbons (Fsp3) is 0.333. The fourth-order valence-electron chi connectivity index (χ4n) is 2.69. The van der Waals surface area contributed by atoms with E-state index in [4.69, 9.17) is 0 Å². The van der Waals surface area contributed by atoms with E-state index in [0.29, 0.717) is 5.92 Å². The van der Waals surface area contributed by atoms with Gasteiger partial charge in [-0.1, -0.05) is 38.1 Å². The van der Waals surface area contributed by atoms with Crippen LogP contribution in [0.5, 0.6) is 0 Å². The Morgan fingerprint density at radius 3 is 2.24 bits per heavy atom. The Labute approximate surface area is 149 Å². The van der Waals surface area contributed by atoms with Crippen molar-refractivity contribution in [3.63, 3.8) is 0 Å². The van der Waals surface area contributed by atoms with Gasteiger partial charge < -0.3 is 10.2 Å². The highest BCUT2D eigenvalue weighted by Crippen LogP contribution is 2.23. The summed E-state index contributed by atoms with van der Waals surface area (Å²) < 4.78 is 0. The molecule has 1 N–H and O–H groups in total. The van der Waals surface area contributed by atoms with Crippen LogP contribution < -0.4 is 10.2 Å². The Balaban J connectivity index is 2.13. The van der Waals surface area contributed by atoms with Gasteiger partial charge in [0.2, 0.25) is 11.8 Å². The molecule has 2 aromatic rings. The van der Waals surface area contributed by atoms with Crippen molar-refractivity contribution in [1.29, 1.82) is 0 Å². The number of aryl methyl sites for hydroxylation is 1. The number of rotatable bonds is 5. The quantitative estimate of drug-likeness (QED) is 0.877. The van der Waals surface area contributed by atoms with Gasteiger partial charge in [-0.25, -0.2) is 0 Å². The van der Waals surface area contributed by atoms with Crippen LogP contribution in [-0.4, -0.2) is 18.4 Å². The molecule has 4 nitrogen and oxygen atoms in total. The van der Waals surface area contributed by atoms with Crippen molar-refractivity contribution < 1.29 is 9.59 Å². The minimum absolute atomic E-state index is 0.00837. The van der Waals surface area contributed by atoms with Crippen molar-refractivity contribution in [2.45, 2.75) is 40.5 Å². The standard InChI is InChI=1S/C21H26N2O2/c1-14(2)18-9-11-19(12-10-18)22-21(25)13-23(17(5)24)20-8-6-7-15(3)16(20)4/h6-12,14H,13H2,1-5H3,(H,22,25). The lowest BCUT2D eigenvalue weighted by Gasteiger charge is -2.23. The van der Waals surface area contributed by atoms with Crippen molar-refractivity contribution in [3.8, 4) is 0 Å². The maximum Gasteiger partial charge on any atom is 0.244 e. The number of carbonyl (C=O) groups is 2. The van der Waals surface area contributed by atoms with E-state index in [1.165, 1.54) is 17.4 Å². The van der Waals surface area contributed by atoms with Crippen LogP contribution in [0.25, 0.3) is 0 Å². The highest BCUT2D eigenvalue weighted by molar-refractivity contribution is 6.02. The zero-order valence-electron chi connectivity index (χ0n) is 15.6. The topological polar surface area (TPSA) is 49.4 Å². The summed E-state index contributed by atoms with van der Waals surface area (Å²) in [4.78, 5) is 26.0. The molecule has 0 atom stereocenters. The largest absolute Gasteiger partial charge is 0.325 e. The van der Waals surface area contributed by atoms with Crippen LogP contribution in [0.3, 0.4) is 0 Å². The van der Waals surface area contributed by atoms with Gasteiger partial charge in [-0.05, 0) is 54.7 Å².